The maximum absolute atomic E-state index is 13.3. The second-order valence-electron chi connectivity index (χ2n) is 8.85. The normalized spacial score (nSPS) is 12.2. The standard InChI is InChI=1S/C26H36ClN3O4S/c1-6-14-28-26(32)21(4)29(18-22-9-7-10-23(27)17-22)25(31)11-8-15-30(35(5,33)34)24-16-19(2)12-13-20(24)3/h7,9-10,12-13,16-17,21H,6,8,11,14-15,18H2,1-5H3,(H,28,32). The summed E-state index contributed by atoms with van der Waals surface area (Å²) in [5, 5.41) is 3.40. The number of hydrogen-bond acceptors (Lipinski definition) is 4. The van der Waals surface area contributed by atoms with Gasteiger partial charge in [0.05, 0.1) is 11.9 Å². The van der Waals surface area contributed by atoms with Gasteiger partial charge in [-0.1, -0.05) is 42.8 Å². The lowest BCUT2D eigenvalue weighted by atomic mass is 10.1. The lowest BCUT2D eigenvalue weighted by Crippen LogP contribution is -2.47. The fourth-order valence-electron chi connectivity index (χ4n) is 3.78. The third-order valence-corrected chi connectivity index (χ3v) is 7.16. The highest BCUT2D eigenvalue weighted by Crippen LogP contribution is 2.25. The molecule has 0 aliphatic heterocycles. The lowest BCUT2D eigenvalue weighted by Gasteiger charge is -2.29. The van der Waals surface area contributed by atoms with Gasteiger partial charge in [0.2, 0.25) is 21.8 Å². The van der Waals surface area contributed by atoms with Crippen LogP contribution in [0.4, 0.5) is 5.69 Å². The van der Waals surface area contributed by atoms with Crippen LogP contribution in [0.2, 0.25) is 5.02 Å². The molecule has 0 spiro atoms. The molecule has 2 rings (SSSR count). The highest BCUT2D eigenvalue weighted by atomic mass is 35.5. The highest BCUT2D eigenvalue weighted by molar-refractivity contribution is 7.92. The van der Waals surface area contributed by atoms with E-state index in [1.54, 1.807) is 25.1 Å². The van der Waals surface area contributed by atoms with Crippen LogP contribution in [0, 0.1) is 13.8 Å². The first kappa shape index (κ1) is 28.7. The van der Waals surface area contributed by atoms with E-state index in [1.807, 2.05) is 45.0 Å². The van der Waals surface area contributed by atoms with Crippen LogP contribution in [-0.4, -0.2) is 50.5 Å². The van der Waals surface area contributed by atoms with Crippen molar-refractivity contribution in [1.29, 1.82) is 0 Å². The summed E-state index contributed by atoms with van der Waals surface area (Å²) >= 11 is 6.12. The van der Waals surface area contributed by atoms with Crippen molar-refractivity contribution in [2.75, 3.05) is 23.7 Å². The van der Waals surface area contributed by atoms with Crippen molar-refractivity contribution < 1.29 is 18.0 Å². The Labute approximate surface area is 214 Å². The second-order valence-corrected chi connectivity index (χ2v) is 11.2. The number of anilines is 1. The minimum Gasteiger partial charge on any atom is -0.354 e. The van der Waals surface area contributed by atoms with Crippen LogP contribution >= 0.6 is 11.6 Å². The van der Waals surface area contributed by atoms with Gasteiger partial charge in [-0.15, -0.1) is 0 Å². The Hall–Kier alpha value is -2.58. The number of rotatable bonds is 12. The summed E-state index contributed by atoms with van der Waals surface area (Å²) in [6, 6.07) is 12.2. The number of benzene rings is 2. The zero-order valence-electron chi connectivity index (χ0n) is 21.2. The Bertz CT molecular complexity index is 1140. The van der Waals surface area contributed by atoms with Gasteiger partial charge in [0.1, 0.15) is 6.04 Å². The first-order valence-corrected chi connectivity index (χ1v) is 14.0. The Morgan fingerprint density at radius 1 is 1.11 bits per heavy atom. The minimum absolute atomic E-state index is 0.100. The minimum atomic E-state index is -3.54. The van der Waals surface area contributed by atoms with Gasteiger partial charge in [-0.2, -0.15) is 0 Å². The Morgan fingerprint density at radius 2 is 1.83 bits per heavy atom. The van der Waals surface area contributed by atoms with E-state index in [0.717, 1.165) is 23.1 Å². The van der Waals surface area contributed by atoms with Crippen LogP contribution in [0.5, 0.6) is 0 Å². The number of carbonyl (C=O) groups excluding carboxylic acids is 2. The molecule has 0 radical (unpaired) electrons. The number of nitrogens with one attached hydrogen (secondary N) is 1. The number of sulfonamides is 1. The average molecular weight is 522 g/mol. The topological polar surface area (TPSA) is 86.8 Å². The molecule has 35 heavy (non-hydrogen) atoms. The molecule has 2 aromatic carbocycles. The molecule has 9 heteroatoms. The summed E-state index contributed by atoms with van der Waals surface area (Å²) in [6.07, 6.45) is 2.38. The zero-order chi connectivity index (χ0) is 26.2. The maximum Gasteiger partial charge on any atom is 0.242 e. The average Bonchev–Trinajstić information content (AvgIpc) is 2.79. The van der Waals surface area contributed by atoms with Crippen LogP contribution in [0.1, 0.15) is 49.8 Å². The predicted octanol–water partition coefficient (Wildman–Crippen LogP) is 4.45. The fraction of sp³-hybridized carbons (Fsp3) is 0.462. The summed E-state index contributed by atoms with van der Waals surface area (Å²) in [6.45, 7) is 8.35. The molecule has 2 aromatic rings. The van der Waals surface area contributed by atoms with Gasteiger partial charge in [-0.25, -0.2) is 8.42 Å². The quantitative estimate of drug-likeness (QED) is 0.447. The Morgan fingerprint density at radius 3 is 2.46 bits per heavy atom. The SMILES string of the molecule is CCCNC(=O)C(C)N(Cc1cccc(Cl)c1)C(=O)CCCN(c1cc(C)ccc1C)S(C)(=O)=O. The number of aryl methyl sites for hydroxylation is 2. The molecule has 192 valence electrons. The van der Waals surface area contributed by atoms with E-state index in [2.05, 4.69) is 5.32 Å². The fourth-order valence-corrected chi connectivity index (χ4v) is 5.01. The van der Waals surface area contributed by atoms with Crippen LogP contribution < -0.4 is 9.62 Å². The van der Waals surface area contributed by atoms with Gasteiger partial charge in [0.15, 0.2) is 0 Å². The first-order valence-electron chi connectivity index (χ1n) is 11.8. The van der Waals surface area contributed by atoms with Crippen molar-refractivity contribution in [2.45, 2.75) is 59.5 Å². The largest absolute Gasteiger partial charge is 0.354 e. The Kier molecular flexibility index (Phi) is 10.6. The van der Waals surface area contributed by atoms with E-state index in [9.17, 15) is 18.0 Å². The van der Waals surface area contributed by atoms with Gasteiger partial charge in [0.25, 0.3) is 0 Å². The van der Waals surface area contributed by atoms with Crippen molar-refractivity contribution in [3.8, 4) is 0 Å². The molecule has 0 aromatic heterocycles. The third-order valence-electron chi connectivity index (χ3n) is 5.74. The Balaban J connectivity index is 2.19. The van der Waals surface area contributed by atoms with Crippen molar-refractivity contribution in [3.63, 3.8) is 0 Å². The number of hydrogen-bond donors (Lipinski definition) is 1. The molecule has 1 N–H and O–H groups in total. The molecular formula is C26H36ClN3O4S. The summed E-state index contributed by atoms with van der Waals surface area (Å²) < 4.78 is 26.4. The molecular weight excluding hydrogens is 486 g/mol. The molecule has 0 heterocycles. The second kappa shape index (κ2) is 12.9. The number of halogens is 1. The number of carbonyl (C=O) groups is 2. The third kappa shape index (κ3) is 8.54. The highest BCUT2D eigenvalue weighted by Gasteiger charge is 2.26. The molecule has 2 amide bonds. The molecule has 1 unspecified atom stereocenters. The van der Waals surface area contributed by atoms with Gasteiger partial charge in [-0.05, 0) is 68.5 Å². The van der Waals surface area contributed by atoms with Gasteiger partial charge < -0.3 is 10.2 Å². The summed E-state index contributed by atoms with van der Waals surface area (Å²) in [7, 11) is -3.54. The van der Waals surface area contributed by atoms with Crippen molar-refractivity contribution in [3.05, 3.63) is 64.2 Å². The molecule has 0 aliphatic rings. The van der Waals surface area contributed by atoms with E-state index < -0.39 is 16.1 Å². The van der Waals surface area contributed by atoms with E-state index in [4.69, 9.17) is 11.6 Å². The monoisotopic (exact) mass is 521 g/mol. The predicted molar refractivity (Wildman–Crippen MR) is 142 cm³/mol. The molecule has 0 fully saturated rings. The van der Waals surface area contributed by atoms with Gasteiger partial charge >= 0.3 is 0 Å². The van der Waals surface area contributed by atoms with Gasteiger partial charge in [0, 0.05) is 31.1 Å². The molecule has 0 bridgehead atoms. The van der Waals surface area contributed by atoms with Crippen molar-refractivity contribution >= 4 is 39.1 Å². The summed E-state index contributed by atoms with van der Waals surface area (Å²) in [4.78, 5) is 27.5. The van der Waals surface area contributed by atoms with Crippen LogP contribution in [0.25, 0.3) is 0 Å². The van der Waals surface area contributed by atoms with E-state index >= 15 is 0 Å². The van der Waals surface area contributed by atoms with E-state index in [0.29, 0.717) is 23.7 Å². The molecule has 1 atom stereocenters. The number of nitrogens with zero attached hydrogens (tertiary/aromatic N) is 2. The van der Waals surface area contributed by atoms with Crippen LogP contribution in [-0.2, 0) is 26.2 Å². The van der Waals surface area contributed by atoms with Crippen molar-refractivity contribution in [1.82, 2.24) is 10.2 Å². The van der Waals surface area contributed by atoms with E-state index in [1.165, 1.54) is 15.5 Å². The van der Waals surface area contributed by atoms with Crippen LogP contribution in [0.15, 0.2) is 42.5 Å². The lowest BCUT2D eigenvalue weighted by molar-refractivity contribution is -0.140. The maximum atomic E-state index is 13.3. The summed E-state index contributed by atoms with van der Waals surface area (Å²) in [5.41, 5.74) is 3.23. The zero-order valence-corrected chi connectivity index (χ0v) is 22.7. The first-order chi connectivity index (χ1) is 16.4. The van der Waals surface area contributed by atoms with Crippen LogP contribution in [0.3, 0.4) is 0 Å². The number of amides is 2. The smallest absolute Gasteiger partial charge is 0.242 e. The van der Waals surface area contributed by atoms with Gasteiger partial charge in [-0.3, -0.25) is 13.9 Å². The van der Waals surface area contributed by atoms with E-state index in [-0.39, 0.29) is 31.3 Å². The molecule has 7 nitrogen and oxygen atoms in total. The summed E-state index contributed by atoms with van der Waals surface area (Å²) in [5.74, 6) is -0.450. The molecule has 0 saturated heterocycles. The molecule has 0 aliphatic carbocycles. The van der Waals surface area contributed by atoms with Crippen molar-refractivity contribution in [2.24, 2.45) is 0 Å². The molecule has 0 saturated carbocycles.